The predicted octanol–water partition coefficient (Wildman–Crippen LogP) is 1.61. The number of piperazine rings is 1. The maximum absolute atomic E-state index is 12.5. The second kappa shape index (κ2) is 4.73. The molecule has 2 unspecified atom stereocenters. The number of benzene rings is 1. The summed E-state index contributed by atoms with van der Waals surface area (Å²) in [5.41, 5.74) is 1.32. The highest BCUT2D eigenvalue weighted by atomic mass is 16.2. The summed E-state index contributed by atoms with van der Waals surface area (Å²) in [4.78, 5) is 14.5. The Bertz CT molecular complexity index is 431. The highest BCUT2D eigenvalue weighted by molar-refractivity contribution is 5.83. The third kappa shape index (κ3) is 2.15. The minimum Gasteiger partial charge on any atom is -0.337 e. The zero-order chi connectivity index (χ0) is 12.5. The summed E-state index contributed by atoms with van der Waals surface area (Å²) in [6.45, 7) is 4.84. The molecular weight excluding hydrogens is 224 g/mol. The maximum atomic E-state index is 12.5. The third-order valence-corrected chi connectivity index (χ3v) is 4.12. The van der Waals surface area contributed by atoms with E-state index in [1.54, 1.807) is 0 Å². The van der Waals surface area contributed by atoms with E-state index in [0.717, 1.165) is 26.1 Å². The average molecular weight is 244 g/mol. The van der Waals surface area contributed by atoms with E-state index < -0.39 is 0 Å². The summed E-state index contributed by atoms with van der Waals surface area (Å²) in [7, 11) is 0. The fourth-order valence-electron chi connectivity index (χ4n) is 2.92. The lowest BCUT2D eigenvalue weighted by Gasteiger charge is -2.34. The summed E-state index contributed by atoms with van der Waals surface area (Å²) >= 11 is 0. The Morgan fingerprint density at radius 1 is 1.33 bits per heavy atom. The molecule has 96 valence electrons. The van der Waals surface area contributed by atoms with Crippen LogP contribution in [0, 0.1) is 5.92 Å². The molecule has 1 aromatic rings. The largest absolute Gasteiger partial charge is 0.337 e. The molecule has 3 heteroatoms. The molecule has 0 radical (unpaired) electrons. The molecule has 3 nitrogen and oxygen atoms in total. The molecule has 1 heterocycles. The molecule has 0 spiro atoms. The highest BCUT2D eigenvalue weighted by Crippen LogP contribution is 2.48. The lowest BCUT2D eigenvalue weighted by molar-refractivity contribution is -0.135. The van der Waals surface area contributed by atoms with Gasteiger partial charge in [0.05, 0.1) is 0 Å². The Balaban J connectivity index is 1.65. The van der Waals surface area contributed by atoms with Gasteiger partial charge < -0.3 is 10.2 Å². The smallest absolute Gasteiger partial charge is 0.226 e. The number of rotatable bonds is 2. The molecule has 0 aromatic heterocycles. The van der Waals surface area contributed by atoms with Crippen molar-refractivity contribution in [3.8, 4) is 0 Å². The Morgan fingerprint density at radius 2 is 2.11 bits per heavy atom. The number of hydrogen-bond acceptors (Lipinski definition) is 2. The topological polar surface area (TPSA) is 32.3 Å². The normalized spacial score (nSPS) is 31.2. The van der Waals surface area contributed by atoms with Gasteiger partial charge in [0.25, 0.3) is 0 Å². The van der Waals surface area contributed by atoms with Crippen LogP contribution in [0.3, 0.4) is 0 Å². The van der Waals surface area contributed by atoms with Crippen molar-refractivity contribution in [1.29, 1.82) is 0 Å². The van der Waals surface area contributed by atoms with E-state index in [9.17, 15) is 4.79 Å². The van der Waals surface area contributed by atoms with Gasteiger partial charge >= 0.3 is 0 Å². The van der Waals surface area contributed by atoms with Gasteiger partial charge in [-0.1, -0.05) is 30.3 Å². The summed E-state index contributed by atoms with van der Waals surface area (Å²) in [5, 5.41) is 3.33. The Kier molecular flexibility index (Phi) is 3.08. The van der Waals surface area contributed by atoms with Crippen LogP contribution in [-0.2, 0) is 4.79 Å². The Morgan fingerprint density at radius 3 is 2.83 bits per heavy atom. The van der Waals surface area contributed by atoms with Crippen LogP contribution in [0.1, 0.15) is 24.8 Å². The van der Waals surface area contributed by atoms with Gasteiger partial charge in [-0.3, -0.25) is 4.79 Å². The first-order chi connectivity index (χ1) is 8.77. The van der Waals surface area contributed by atoms with Gasteiger partial charge in [0.1, 0.15) is 0 Å². The first kappa shape index (κ1) is 11.7. The number of hydrogen-bond donors (Lipinski definition) is 1. The number of carbonyl (C=O) groups excluding carboxylic acids is 1. The lowest BCUT2D eigenvalue weighted by atomic mass is 10.1. The van der Waals surface area contributed by atoms with Crippen LogP contribution in [-0.4, -0.2) is 36.5 Å². The van der Waals surface area contributed by atoms with Gasteiger partial charge in [0.2, 0.25) is 5.91 Å². The van der Waals surface area contributed by atoms with Gasteiger partial charge in [-0.15, -0.1) is 0 Å². The molecule has 2 aliphatic rings. The van der Waals surface area contributed by atoms with Crippen LogP contribution < -0.4 is 5.32 Å². The summed E-state index contributed by atoms with van der Waals surface area (Å²) in [6.07, 6.45) is 1.03. The molecule has 0 bridgehead atoms. The molecule has 1 aliphatic heterocycles. The first-order valence-electron chi connectivity index (χ1n) is 6.83. The van der Waals surface area contributed by atoms with Crippen molar-refractivity contribution < 1.29 is 4.79 Å². The van der Waals surface area contributed by atoms with E-state index in [1.807, 2.05) is 6.07 Å². The summed E-state index contributed by atoms with van der Waals surface area (Å²) < 4.78 is 0. The van der Waals surface area contributed by atoms with Gasteiger partial charge in [-0.25, -0.2) is 0 Å². The van der Waals surface area contributed by atoms with Crippen LogP contribution in [0.4, 0.5) is 0 Å². The molecule has 1 saturated heterocycles. The standard InChI is InChI=1S/C15H20N2O/c1-11-10-16-7-8-17(11)15(18)14-9-13(14)12-5-3-2-4-6-12/h2-6,11,13-14,16H,7-10H2,1H3/t11-,13?,14?/m0/s1. The number of amides is 1. The maximum Gasteiger partial charge on any atom is 0.226 e. The van der Waals surface area contributed by atoms with E-state index in [0.29, 0.717) is 17.9 Å². The minimum absolute atomic E-state index is 0.230. The van der Waals surface area contributed by atoms with Crippen molar-refractivity contribution in [1.82, 2.24) is 10.2 Å². The van der Waals surface area contributed by atoms with E-state index >= 15 is 0 Å². The fourth-order valence-corrected chi connectivity index (χ4v) is 2.92. The van der Waals surface area contributed by atoms with Crippen LogP contribution >= 0.6 is 0 Å². The van der Waals surface area contributed by atoms with Crippen LogP contribution in [0.25, 0.3) is 0 Å². The highest BCUT2D eigenvalue weighted by Gasteiger charge is 2.46. The van der Waals surface area contributed by atoms with Gasteiger partial charge in [0, 0.05) is 31.6 Å². The predicted molar refractivity (Wildman–Crippen MR) is 71.3 cm³/mol. The molecule has 1 N–H and O–H groups in total. The molecule has 2 fully saturated rings. The van der Waals surface area contributed by atoms with Crippen molar-refractivity contribution in [3.05, 3.63) is 35.9 Å². The van der Waals surface area contributed by atoms with Crippen LogP contribution in [0.15, 0.2) is 30.3 Å². The number of nitrogens with one attached hydrogen (secondary N) is 1. The zero-order valence-corrected chi connectivity index (χ0v) is 10.8. The Labute approximate surface area is 108 Å². The molecule has 3 atom stereocenters. The molecule has 1 saturated carbocycles. The van der Waals surface area contributed by atoms with E-state index in [-0.39, 0.29) is 5.92 Å². The first-order valence-corrected chi connectivity index (χ1v) is 6.83. The summed E-state index contributed by atoms with van der Waals surface area (Å²) in [5.74, 6) is 1.05. The van der Waals surface area contributed by atoms with Crippen molar-refractivity contribution >= 4 is 5.91 Å². The second-order valence-electron chi connectivity index (χ2n) is 5.44. The van der Waals surface area contributed by atoms with Crippen molar-refractivity contribution in [3.63, 3.8) is 0 Å². The SMILES string of the molecule is C[C@H]1CNCCN1C(=O)C1CC1c1ccccc1. The Hall–Kier alpha value is -1.35. The van der Waals surface area contributed by atoms with Crippen molar-refractivity contribution in [2.24, 2.45) is 5.92 Å². The summed E-state index contributed by atoms with van der Waals surface area (Å²) in [6, 6.07) is 10.8. The average Bonchev–Trinajstić information content (AvgIpc) is 3.20. The van der Waals surface area contributed by atoms with Crippen molar-refractivity contribution in [2.45, 2.75) is 25.3 Å². The third-order valence-electron chi connectivity index (χ3n) is 4.12. The van der Waals surface area contributed by atoms with Crippen LogP contribution in [0.5, 0.6) is 0 Å². The van der Waals surface area contributed by atoms with E-state index in [4.69, 9.17) is 0 Å². The zero-order valence-electron chi connectivity index (χ0n) is 10.8. The van der Waals surface area contributed by atoms with Gasteiger partial charge in [0.15, 0.2) is 0 Å². The number of carbonyl (C=O) groups is 1. The number of nitrogens with zero attached hydrogens (tertiary/aromatic N) is 1. The monoisotopic (exact) mass is 244 g/mol. The van der Waals surface area contributed by atoms with E-state index in [1.165, 1.54) is 5.56 Å². The molecule has 3 rings (SSSR count). The van der Waals surface area contributed by atoms with E-state index in [2.05, 4.69) is 41.4 Å². The minimum atomic E-state index is 0.230. The van der Waals surface area contributed by atoms with Gasteiger partial charge in [-0.2, -0.15) is 0 Å². The van der Waals surface area contributed by atoms with Crippen LogP contribution in [0.2, 0.25) is 0 Å². The molecular formula is C15H20N2O. The molecule has 1 amide bonds. The quantitative estimate of drug-likeness (QED) is 0.857. The van der Waals surface area contributed by atoms with Crippen molar-refractivity contribution in [2.75, 3.05) is 19.6 Å². The molecule has 1 aromatic carbocycles. The molecule has 18 heavy (non-hydrogen) atoms. The van der Waals surface area contributed by atoms with Gasteiger partial charge in [-0.05, 0) is 24.8 Å². The lowest BCUT2D eigenvalue weighted by Crippen LogP contribution is -2.52. The fraction of sp³-hybridized carbons (Fsp3) is 0.533. The molecule has 1 aliphatic carbocycles. The second-order valence-corrected chi connectivity index (χ2v) is 5.44.